The maximum atomic E-state index is 11.4. The fourth-order valence-electron chi connectivity index (χ4n) is 8.64. The van der Waals surface area contributed by atoms with E-state index >= 15 is 0 Å². The second-order valence-electron chi connectivity index (χ2n) is 21.5. The Balaban J connectivity index is 0. The number of hydrogen-bond donors (Lipinski definition) is 4. The molecule has 0 fully saturated rings. The molecule has 0 saturated heterocycles. The molecule has 28 heteroatoms. The summed E-state index contributed by atoms with van der Waals surface area (Å²) in [5.41, 5.74) is 9.26. The second-order valence-corrected chi connectivity index (χ2v) is 21.5. The smallest absolute Gasteiger partial charge is 0.872 e. The van der Waals surface area contributed by atoms with Crippen molar-refractivity contribution in [3.8, 4) is 68.2 Å². The van der Waals surface area contributed by atoms with Gasteiger partial charge in [-0.15, -0.1) is 46.0 Å². The molecule has 0 unspecified atom stereocenters. The maximum absolute atomic E-state index is 11.4. The summed E-state index contributed by atoms with van der Waals surface area (Å²) in [6, 6.07) is 69.7. The van der Waals surface area contributed by atoms with Crippen molar-refractivity contribution in [1.29, 1.82) is 0 Å². The number of aromatic nitrogens is 4. The first kappa shape index (κ1) is 107. The molecule has 0 aliphatic heterocycles. The number of nitrogens with zero attached hydrogens (tertiary/aromatic N) is 12. The number of benzene rings is 8. The molecule has 12 rings (SSSR count). The number of aliphatic imine (C=N–C) groups is 8. The van der Waals surface area contributed by atoms with Crippen molar-refractivity contribution in [2.45, 2.75) is 0 Å². The Bertz CT molecular complexity index is 3920. The van der Waals surface area contributed by atoms with Gasteiger partial charge in [0, 0.05) is 128 Å². The number of rotatable bonds is 22. The third-order valence-corrected chi connectivity index (χ3v) is 14.0. The summed E-state index contributed by atoms with van der Waals surface area (Å²) in [7, 11) is 4.00. The molecule has 4 N–H and O–H groups in total. The summed E-state index contributed by atoms with van der Waals surface area (Å²) >= 11 is 0. The fraction of sp³-hybridized carbons (Fsp3) is 0.136. The molecule has 0 atom stereocenters. The van der Waals surface area contributed by atoms with Crippen molar-refractivity contribution in [1.82, 2.24) is 19.9 Å². The molecule has 0 radical (unpaired) electrons. The average molecular weight is 1770 g/mol. The van der Waals surface area contributed by atoms with Gasteiger partial charge < -0.3 is 61.3 Å². The molecular weight excluding hydrogens is 1680 g/mol. The quantitative estimate of drug-likeness (QED) is 0.0282. The van der Waals surface area contributed by atoms with E-state index in [1.54, 1.807) is 245 Å². The van der Waals surface area contributed by atoms with Crippen LogP contribution in [0.5, 0.6) is 46.0 Å². The van der Waals surface area contributed by atoms with Gasteiger partial charge in [-0.1, -0.05) is 194 Å². The zero-order chi connectivity index (χ0) is 81.3. The van der Waals surface area contributed by atoms with E-state index in [1.165, 1.54) is 70.8 Å². The number of hydrogen-bond acceptors (Lipinski definition) is 24. The summed E-state index contributed by atoms with van der Waals surface area (Å²) < 4.78 is 0. The predicted molar refractivity (Wildman–Crippen MR) is 434 cm³/mol. The van der Waals surface area contributed by atoms with Crippen LogP contribution in [0.1, 0.15) is 44.5 Å². The van der Waals surface area contributed by atoms with Crippen LogP contribution in [-0.2, 0) is 77.9 Å². The molecule has 0 bridgehead atoms. The van der Waals surface area contributed by atoms with Crippen molar-refractivity contribution in [2.75, 3.05) is 80.8 Å². The third kappa shape index (κ3) is 45.4. The summed E-state index contributed by atoms with van der Waals surface area (Å²) in [6.45, 7) is 3.82. The largest absolute Gasteiger partial charge is 2.00 e. The molecule has 0 aliphatic carbocycles. The molecule has 12 aromatic rings. The van der Waals surface area contributed by atoms with Crippen molar-refractivity contribution in [3.63, 3.8) is 0 Å². The van der Waals surface area contributed by atoms with Gasteiger partial charge in [0.2, 0.25) is 0 Å². The van der Waals surface area contributed by atoms with Gasteiger partial charge >= 0.3 is 77.9 Å². The summed E-state index contributed by atoms with van der Waals surface area (Å²) in [4.78, 5) is 48.9. The van der Waals surface area contributed by atoms with Crippen LogP contribution < -0.4 is 40.9 Å². The van der Waals surface area contributed by atoms with E-state index in [-0.39, 0.29) is 124 Å². The Kier molecular flexibility index (Phi) is 64.4. The molecule has 580 valence electrons. The molecular formula is C88H88N12O12Zn4. The minimum Gasteiger partial charge on any atom is -0.872 e. The van der Waals surface area contributed by atoms with Crippen LogP contribution in [0.4, 0.5) is 0 Å². The monoisotopic (exact) mass is 1760 g/mol. The van der Waals surface area contributed by atoms with E-state index < -0.39 is 0 Å². The van der Waals surface area contributed by atoms with Gasteiger partial charge in [0.25, 0.3) is 0 Å². The molecule has 4 aromatic heterocycles. The SMILES string of the molecule is CO.CO.CO.CO.[O-]c1ccccc1C=NCCN=Cc1ccccc1[O-].[O-]c1ccccc1C=NCCN=Cc1ccccc1[O-].[O-]c1ccccc1C=NCCN=Cc1ccccc1[O-].[O-]c1ccccc1C=NCCN=Cc1ccccc1[O-].[Zn+2].[Zn+2].[Zn+2].[Zn+2].c1cc(-c2ccncc2)ccn1.c1cc(-c2ccncc2)ccn1. The Morgan fingerprint density at radius 1 is 0.190 bits per heavy atom. The van der Waals surface area contributed by atoms with Crippen LogP contribution in [0.25, 0.3) is 22.3 Å². The van der Waals surface area contributed by atoms with Gasteiger partial charge in [0.15, 0.2) is 0 Å². The van der Waals surface area contributed by atoms with Crippen molar-refractivity contribution < 1.29 is 139 Å². The van der Waals surface area contributed by atoms with Crippen molar-refractivity contribution in [3.05, 3.63) is 337 Å². The summed E-state index contributed by atoms with van der Waals surface area (Å²) in [5, 5.41) is 119. The van der Waals surface area contributed by atoms with Gasteiger partial charge in [0.1, 0.15) is 0 Å². The van der Waals surface area contributed by atoms with Gasteiger partial charge in [0.05, 0.1) is 52.4 Å². The Hall–Kier alpha value is -11.5. The zero-order valence-corrected chi connectivity index (χ0v) is 77.1. The van der Waals surface area contributed by atoms with Gasteiger partial charge in [-0.2, -0.15) is 0 Å². The van der Waals surface area contributed by atoms with E-state index in [0.29, 0.717) is 96.9 Å². The van der Waals surface area contributed by atoms with E-state index in [0.717, 1.165) is 28.4 Å². The first-order valence-electron chi connectivity index (χ1n) is 34.5. The predicted octanol–water partition coefficient (Wildman–Crippen LogP) is 8.20. The van der Waals surface area contributed by atoms with Gasteiger partial charge in [-0.05, 0) is 115 Å². The summed E-state index contributed by atoms with van der Waals surface area (Å²) in [6.07, 6.45) is 26.7. The molecule has 4 heterocycles. The second kappa shape index (κ2) is 70.1. The van der Waals surface area contributed by atoms with E-state index in [9.17, 15) is 40.9 Å². The van der Waals surface area contributed by atoms with Crippen LogP contribution in [0, 0.1) is 0 Å². The molecule has 116 heavy (non-hydrogen) atoms. The number of aliphatic hydroxyl groups is 4. The normalized spacial score (nSPS) is 10.1. The Labute approximate surface area is 729 Å². The van der Waals surface area contributed by atoms with Crippen LogP contribution in [0.3, 0.4) is 0 Å². The molecule has 8 aromatic carbocycles. The molecule has 0 spiro atoms. The topological polar surface area (TPSA) is 416 Å². The molecule has 0 saturated carbocycles. The summed E-state index contributed by atoms with van der Waals surface area (Å²) in [5.74, 6) is -0.333. The van der Waals surface area contributed by atoms with E-state index in [2.05, 4.69) is 59.9 Å². The standard InChI is InChI=1S/4C16H16N2O2.2C10H8N2.4CH4O.4Zn/c4*19-15-7-3-1-5-13(15)11-17-9-10-18-12-14-6-2-4-8-16(14)20;2*1-5-11-6-2-9(1)10-3-7-12-8-4-10;4*1-2;;;;/h4*1-8,11-12,19-20H,9-10H2;2*1-8H;4*2H,1H3;;;;/q;;;;;;;;;;4*+2/p-8. The van der Waals surface area contributed by atoms with Crippen LogP contribution in [0.2, 0.25) is 0 Å². The van der Waals surface area contributed by atoms with E-state index in [1.807, 2.05) is 48.5 Å². The van der Waals surface area contributed by atoms with E-state index in [4.69, 9.17) is 20.4 Å². The number of pyridine rings is 4. The Morgan fingerprint density at radius 2 is 0.293 bits per heavy atom. The minimum atomic E-state index is -0.0416. The fourth-order valence-corrected chi connectivity index (χ4v) is 8.64. The van der Waals surface area contributed by atoms with Gasteiger partial charge in [-0.3, -0.25) is 59.9 Å². The minimum absolute atomic E-state index is 0. The zero-order valence-electron chi connectivity index (χ0n) is 65.2. The number of aliphatic hydroxyl groups excluding tert-OH is 4. The van der Waals surface area contributed by atoms with Crippen LogP contribution in [-0.4, -0.2) is 171 Å². The maximum Gasteiger partial charge on any atom is 2.00 e. The first-order valence-corrected chi connectivity index (χ1v) is 34.5. The third-order valence-electron chi connectivity index (χ3n) is 14.0. The first-order chi connectivity index (χ1) is 55.0. The van der Waals surface area contributed by atoms with Crippen LogP contribution in [0.15, 0.2) is 332 Å². The number of para-hydroxylation sites is 8. The Morgan fingerprint density at radius 3 is 0.397 bits per heavy atom. The van der Waals surface area contributed by atoms with Crippen molar-refractivity contribution >= 4 is 49.7 Å². The average Bonchev–Trinajstić information content (AvgIpc) is 0.882. The molecule has 0 aliphatic rings. The van der Waals surface area contributed by atoms with Crippen molar-refractivity contribution in [2.24, 2.45) is 39.9 Å². The van der Waals surface area contributed by atoms with Crippen LogP contribution >= 0.6 is 0 Å². The molecule has 24 nitrogen and oxygen atoms in total. The van der Waals surface area contributed by atoms with Gasteiger partial charge in [-0.25, -0.2) is 0 Å². The molecule has 0 amide bonds.